The lowest BCUT2D eigenvalue weighted by Crippen LogP contribution is -2.25. The van der Waals surface area contributed by atoms with Crippen LogP contribution in [0.25, 0.3) is 0 Å². The third kappa shape index (κ3) is 18.6. The fourth-order valence-electron chi connectivity index (χ4n) is 5.80. The van der Waals surface area contributed by atoms with Gasteiger partial charge in [-0.1, -0.05) is 191 Å². The van der Waals surface area contributed by atoms with Gasteiger partial charge in [-0.3, -0.25) is 0 Å². The third-order valence-electron chi connectivity index (χ3n) is 7.80. The number of hydrogen-bond acceptors (Lipinski definition) is 0. The average molecular weight is 451 g/mol. The van der Waals surface area contributed by atoms with Crippen LogP contribution in [-0.2, 0) is 0 Å². The van der Waals surface area contributed by atoms with Gasteiger partial charge in [0.1, 0.15) is 0 Å². The second-order valence-electron chi connectivity index (χ2n) is 11.0. The van der Waals surface area contributed by atoms with E-state index >= 15 is 0 Å². The minimum absolute atomic E-state index is 0.663. The van der Waals surface area contributed by atoms with Crippen molar-refractivity contribution in [2.75, 3.05) is 0 Å². The van der Waals surface area contributed by atoms with Crippen molar-refractivity contribution in [2.45, 2.75) is 173 Å². The largest absolute Gasteiger partial charge is 0.262 e. The van der Waals surface area contributed by atoms with E-state index in [2.05, 4.69) is 41.5 Å². The lowest BCUT2D eigenvalue weighted by molar-refractivity contribution is 0.420. The molecule has 0 rings (SSSR count). The molecule has 31 heavy (non-hydrogen) atoms. The molecule has 0 atom stereocenters. The van der Waals surface area contributed by atoms with Crippen molar-refractivity contribution in [1.29, 1.82) is 0 Å². The van der Waals surface area contributed by atoms with Crippen LogP contribution in [0.15, 0.2) is 0 Å². The van der Waals surface area contributed by atoms with Gasteiger partial charge in [-0.05, 0) is 0 Å². The molecular formula is C30H63Al. The predicted molar refractivity (Wildman–Crippen MR) is 148 cm³/mol. The van der Waals surface area contributed by atoms with E-state index in [1.54, 1.807) is 15.8 Å². The summed E-state index contributed by atoms with van der Waals surface area (Å²) in [5.74, 6) is 3.19. The summed E-state index contributed by atoms with van der Waals surface area (Å²) in [4.78, 5) is 0. The molecule has 0 aromatic rings. The van der Waals surface area contributed by atoms with Gasteiger partial charge >= 0.3 is 0 Å². The van der Waals surface area contributed by atoms with Crippen LogP contribution in [0.3, 0.4) is 0 Å². The van der Waals surface area contributed by atoms with E-state index in [4.69, 9.17) is 0 Å². The zero-order valence-corrected chi connectivity index (χ0v) is 24.3. The summed E-state index contributed by atoms with van der Waals surface area (Å²) in [6.45, 7) is 14.4. The Labute approximate surface area is 204 Å². The standard InChI is InChI=1S/3C10H21.Al/c3*1-4-6-8-10(3)9-7-5-2;/h3*10H,3-9H2,1-2H3;. The molecule has 0 saturated carbocycles. The molecule has 0 nitrogen and oxygen atoms in total. The van der Waals surface area contributed by atoms with Crippen molar-refractivity contribution < 1.29 is 0 Å². The van der Waals surface area contributed by atoms with E-state index in [9.17, 15) is 0 Å². The van der Waals surface area contributed by atoms with Crippen molar-refractivity contribution in [3.05, 3.63) is 0 Å². The summed E-state index contributed by atoms with van der Waals surface area (Å²) in [6.07, 6.45) is 26.4. The van der Waals surface area contributed by atoms with Gasteiger partial charge in [0.2, 0.25) is 0 Å². The summed E-state index contributed by atoms with van der Waals surface area (Å²) in [5.41, 5.74) is 0. The lowest BCUT2D eigenvalue weighted by atomic mass is 9.97. The van der Waals surface area contributed by atoms with E-state index < -0.39 is 14.1 Å². The minimum Gasteiger partial charge on any atom is -0.0910 e. The van der Waals surface area contributed by atoms with Gasteiger partial charge in [-0.25, -0.2) is 0 Å². The van der Waals surface area contributed by atoms with Crippen LogP contribution < -0.4 is 0 Å². The summed E-state index contributed by atoms with van der Waals surface area (Å²) in [6, 6.07) is 0. The zero-order valence-electron chi connectivity index (χ0n) is 23.2. The Balaban J connectivity index is 5.28. The number of rotatable bonds is 24. The summed E-state index contributed by atoms with van der Waals surface area (Å²) < 4.78 is 0. The Bertz CT molecular complexity index is 263. The monoisotopic (exact) mass is 450 g/mol. The van der Waals surface area contributed by atoms with Gasteiger partial charge in [0.05, 0.1) is 0 Å². The van der Waals surface area contributed by atoms with Crippen molar-refractivity contribution in [2.24, 2.45) is 17.8 Å². The summed E-state index contributed by atoms with van der Waals surface area (Å²) in [7, 11) is 0. The molecule has 0 spiro atoms. The molecule has 0 N–H and O–H groups in total. The molecule has 0 amide bonds. The van der Waals surface area contributed by atoms with Crippen molar-refractivity contribution >= 4 is 14.1 Å². The van der Waals surface area contributed by atoms with Gasteiger partial charge in [0, 0.05) is 0 Å². The van der Waals surface area contributed by atoms with E-state index in [1.165, 1.54) is 116 Å². The Kier molecular flexibility index (Phi) is 24.1. The first-order valence-electron chi connectivity index (χ1n) is 15.1. The topological polar surface area (TPSA) is 0 Å². The predicted octanol–water partition coefficient (Wildman–Crippen LogP) is 11.5. The lowest BCUT2D eigenvalue weighted by Gasteiger charge is -2.28. The quantitative estimate of drug-likeness (QED) is 0.128. The average Bonchev–Trinajstić information content (AvgIpc) is 2.78. The first kappa shape index (κ1) is 31.5. The summed E-state index contributed by atoms with van der Waals surface area (Å²) in [5, 5.41) is 5.05. The maximum Gasteiger partial charge on any atom is 0.262 e. The molecule has 1 heteroatoms. The SMILES string of the molecule is CCCCC(CCCC)[CH2][Al]([CH2]C(CCCC)CCCC)[CH2]C(CCCC)CCCC. The molecule has 0 heterocycles. The van der Waals surface area contributed by atoms with Crippen LogP contribution in [0.1, 0.15) is 157 Å². The van der Waals surface area contributed by atoms with E-state index in [0.29, 0.717) is 0 Å². The number of hydrogen-bond donors (Lipinski definition) is 0. The van der Waals surface area contributed by atoms with Crippen molar-refractivity contribution in [3.63, 3.8) is 0 Å². The molecule has 0 fully saturated rings. The molecule has 0 aromatic carbocycles. The smallest absolute Gasteiger partial charge is 0.0910 e. The van der Waals surface area contributed by atoms with Gasteiger partial charge in [0.25, 0.3) is 14.1 Å². The van der Waals surface area contributed by atoms with Crippen LogP contribution in [-0.4, -0.2) is 14.1 Å². The Hall–Kier alpha value is 0.532. The second kappa shape index (κ2) is 23.7. The highest BCUT2D eigenvalue weighted by molar-refractivity contribution is 6.59. The maximum absolute atomic E-state index is 2.39. The van der Waals surface area contributed by atoms with Crippen molar-refractivity contribution in [3.8, 4) is 0 Å². The van der Waals surface area contributed by atoms with E-state index in [0.717, 1.165) is 17.8 Å². The fraction of sp³-hybridized carbons (Fsp3) is 1.00. The Morgan fingerprint density at radius 3 is 0.710 bits per heavy atom. The normalized spacial score (nSPS) is 11.9. The first-order valence-corrected chi connectivity index (χ1v) is 17.6. The number of unbranched alkanes of at least 4 members (excludes halogenated alkanes) is 6. The molecule has 0 unspecified atom stereocenters. The molecule has 0 saturated heterocycles. The molecule has 0 radical (unpaired) electrons. The Morgan fingerprint density at radius 1 is 0.355 bits per heavy atom. The minimum atomic E-state index is -0.663. The third-order valence-corrected chi connectivity index (χ3v) is 11.8. The highest BCUT2D eigenvalue weighted by atomic mass is 27.2. The Morgan fingerprint density at radius 2 is 0.548 bits per heavy atom. The molecular weight excluding hydrogens is 387 g/mol. The fourth-order valence-corrected chi connectivity index (χ4v) is 10.6. The second-order valence-corrected chi connectivity index (χ2v) is 14.2. The molecule has 0 aliphatic carbocycles. The zero-order chi connectivity index (χ0) is 23.2. The highest BCUT2D eigenvalue weighted by Gasteiger charge is 2.28. The van der Waals surface area contributed by atoms with Gasteiger partial charge in [-0.15, -0.1) is 0 Å². The molecule has 0 aromatic heterocycles. The maximum atomic E-state index is 2.39. The van der Waals surface area contributed by atoms with Gasteiger partial charge in [0.15, 0.2) is 0 Å². The molecule has 0 aliphatic heterocycles. The van der Waals surface area contributed by atoms with Crippen LogP contribution in [0, 0.1) is 17.8 Å². The summed E-state index contributed by atoms with van der Waals surface area (Å²) >= 11 is -0.663. The van der Waals surface area contributed by atoms with Crippen LogP contribution in [0.5, 0.6) is 0 Å². The van der Waals surface area contributed by atoms with Gasteiger partial charge in [-0.2, -0.15) is 0 Å². The van der Waals surface area contributed by atoms with Crippen molar-refractivity contribution in [1.82, 2.24) is 0 Å². The molecule has 0 aliphatic rings. The molecule has 0 bridgehead atoms. The van der Waals surface area contributed by atoms with Crippen LogP contribution in [0.2, 0.25) is 15.8 Å². The van der Waals surface area contributed by atoms with E-state index in [-0.39, 0.29) is 0 Å². The highest BCUT2D eigenvalue weighted by Crippen LogP contribution is 2.33. The van der Waals surface area contributed by atoms with Crippen LogP contribution in [0.4, 0.5) is 0 Å². The molecule has 186 valence electrons. The van der Waals surface area contributed by atoms with Gasteiger partial charge < -0.3 is 0 Å². The van der Waals surface area contributed by atoms with E-state index in [1.807, 2.05) is 0 Å². The first-order chi connectivity index (χ1) is 15.1. The van der Waals surface area contributed by atoms with Crippen LogP contribution >= 0.6 is 0 Å².